The average molecular weight is 277 g/mol. The maximum Gasteiger partial charge on any atom is 0.303 e. The molecule has 1 amide bonds. The van der Waals surface area contributed by atoms with Gasteiger partial charge in [-0.1, -0.05) is 13.8 Å². The second-order valence-electron chi connectivity index (χ2n) is 5.28. The van der Waals surface area contributed by atoms with E-state index in [0.29, 0.717) is 17.0 Å². The summed E-state index contributed by atoms with van der Waals surface area (Å²) in [6.45, 7) is 3.46. The van der Waals surface area contributed by atoms with Crippen LogP contribution in [0, 0.1) is 5.41 Å². The SMILES string of the molecule is CC(C)(CC(=O)O)CC(=O)Nc1ncnc2nc[nH]c12. The summed E-state index contributed by atoms with van der Waals surface area (Å²) in [6, 6.07) is 0. The molecule has 0 saturated carbocycles. The van der Waals surface area contributed by atoms with E-state index in [0.717, 1.165) is 0 Å². The zero-order valence-electron chi connectivity index (χ0n) is 11.2. The molecule has 0 bridgehead atoms. The van der Waals surface area contributed by atoms with Crippen molar-refractivity contribution in [1.29, 1.82) is 0 Å². The van der Waals surface area contributed by atoms with E-state index in [2.05, 4.69) is 25.3 Å². The van der Waals surface area contributed by atoms with Gasteiger partial charge in [0.2, 0.25) is 5.91 Å². The maximum absolute atomic E-state index is 12.0. The van der Waals surface area contributed by atoms with Crippen LogP contribution in [0.1, 0.15) is 26.7 Å². The number of imidazole rings is 1. The third kappa shape index (κ3) is 3.28. The van der Waals surface area contributed by atoms with Crippen LogP contribution in [-0.2, 0) is 9.59 Å². The summed E-state index contributed by atoms with van der Waals surface area (Å²) < 4.78 is 0. The van der Waals surface area contributed by atoms with Crippen LogP contribution in [0.4, 0.5) is 5.82 Å². The minimum Gasteiger partial charge on any atom is -0.481 e. The standard InChI is InChI=1S/C12H15N5O3/c1-12(2,4-8(19)20)3-7(18)17-11-9-10(14-5-13-9)15-6-16-11/h5-6H,3-4H2,1-2H3,(H,19,20)(H2,13,14,15,16,17,18). The van der Waals surface area contributed by atoms with Gasteiger partial charge in [0, 0.05) is 6.42 Å². The van der Waals surface area contributed by atoms with Gasteiger partial charge in [0.15, 0.2) is 11.5 Å². The van der Waals surface area contributed by atoms with E-state index in [9.17, 15) is 9.59 Å². The maximum atomic E-state index is 12.0. The van der Waals surface area contributed by atoms with Gasteiger partial charge in [-0.05, 0) is 5.41 Å². The Morgan fingerprint density at radius 3 is 2.75 bits per heavy atom. The Morgan fingerprint density at radius 2 is 2.05 bits per heavy atom. The first-order chi connectivity index (χ1) is 9.37. The number of nitrogens with one attached hydrogen (secondary N) is 2. The molecule has 106 valence electrons. The van der Waals surface area contributed by atoms with Gasteiger partial charge in [0.25, 0.3) is 0 Å². The van der Waals surface area contributed by atoms with Crippen molar-refractivity contribution in [3.63, 3.8) is 0 Å². The second kappa shape index (κ2) is 5.24. The molecule has 0 aliphatic rings. The summed E-state index contributed by atoms with van der Waals surface area (Å²) >= 11 is 0. The summed E-state index contributed by atoms with van der Waals surface area (Å²) in [5.41, 5.74) is 0.368. The number of nitrogens with zero attached hydrogens (tertiary/aromatic N) is 3. The number of hydrogen-bond acceptors (Lipinski definition) is 5. The number of fused-ring (bicyclic) bond motifs is 1. The molecule has 2 aromatic heterocycles. The number of carboxylic acids is 1. The fraction of sp³-hybridized carbons (Fsp3) is 0.417. The number of carbonyl (C=O) groups is 2. The topological polar surface area (TPSA) is 121 Å². The first-order valence-electron chi connectivity index (χ1n) is 6.03. The third-order valence-corrected chi connectivity index (χ3v) is 2.75. The molecule has 0 unspecified atom stereocenters. The van der Waals surface area contributed by atoms with E-state index in [4.69, 9.17) is 5.11 Å². The summed E-state index contributed by atoms with van der Waals surface area (Å²) in [5, 5.41) is 11.4. The molecular weight excluding hydrogens is 262 g/mol. The Hall–Kier alpha value is -2.51. The summed E-state index contributed by atoms with van der Waals surface area (Å²) in [5.74, 6) is -0.893. The third-order valence-electron chi connectivity index (χ3n) is 2.75. The van der Waals surface area contributed by atoms with Crippen LogP contribution in [0.2, 0.25) is 0 Å². The van der Waals surface area contributed by atoms with Crippen LogP contribution in [-0.4, -0.2) is 36.9 Å². The Labute approximate surface area is 114 Å². The molecule has 3 N–H and O–H groups in total. The lowest BCUT2D eigenvalue weighted by Crippen LogP contribution is -2.25. The van der Waals surface area contributed by atoms with Crippen molar-refractivity contribution in [3.8, 4) is 0 Å². The fourth-order valence-electron chi connectivity index (χ4n) is 1.94. The van der Waals surface area contributed by atoms with E-state index in [1.807, 2.05) is 0 Å². The van der Waals surface area contributed by atoms with Gasteiger partial charge in [-0.2, -0.15) is 0 Å². The van der Waals surface area contributed by atoms with Crippen LogP contribution in [0.3, 0.4) is 0 Å². The van der Waals surface area contributed by atoms with Gasteiger partial charge in [0.1, 0.15) is 11.8 Å². The number of rotatable bonds is 5. The van der Waals surface area contributed by atoms with Gasteiger partial charge >= 0.3 is 5.97 Å². The van der Waals surface area contributed by atoms with Crippen LogP contribution < -0.4 is 5.32 Å². The monoisotopic (exact) mass is 277 g/mol. The zero-order valence-corrected chi connectivity index (χ0v) is 11.2. The summed E-state index contributed by atoms with van der Waals surface area (Å²) in [4.78, 5) is 37.4. The van der Waals surface area contributed by atoms with E-state index < -0.39 is 11.4 Å². The number of amides is 1. The fourth-order valence-corrected chi connectivity index (χ4v) is 1.94. The molecule has 0 aromatic carbocycles. The van der Waals surface area contributed by atoms with Gasteiger partial charge in [-0.3, -0.25) is 9.59 Å². The number of aromatic amines is 1. The molecule has 8 heteroatoms. The molecule has 2 rings (SSSR count). The summed E-state index contributed by atoms with van der Waals surface area (Å²) in [6.07, 6.45) is 2.77. The lowest BCUT2D eigenvalue weighted by molar-refractivity contribution is -0.139. The highest BCUT2D eigenvalue weighted by Crippen LogP contribution is 2.26. The molecule has 0 aliphatic heterocycles. The number of aromatic nitrogens is 4. The van der Waals surface area contributed by atoms with Crippen molar-refractivity contribution in [3.05, 3.63) is 12.7 Å². The average Bonchev–Trinajstić information content (AvgIpc) is 2.74. The smallest absolute Gasteiger partial charge is 0.303 e. The Kier molecular flexibility index (Phi) is 3.64. The van der Waals surface area contributed by atoms with Gasteiger partial charge < -0.3 is 15.4 Å². The molecule has 0 aliphatic carbocycles. The molecule has 2 heterocycles. The van der Waals surface area contributed by atoms with Crippen LogP contribution in [0.25, 0.3) is 11.2 Å². The molecule has 0 atom stereocenters. The quantitative estimate of drug-likeness (QED) is 0.754. The van der Waals surface area contributed by atoms with E-state index in [1.165, 1.54) is 12.7 Å². The Balaban J connectivity index is 2.08. The van der Waals surface area contributed by atoms with Crippen molar-refractivity contribution < 1.29 is 14.7 Å². The van der Waals surface area contributed by atoms with Gasteiger partial charge in [0.05, 0.1) is 12.7 Å². The van der Waals surface area contributed by atoms with E-state index in [1.54, 1.807) is 13.8 Å². The predicted molar refractivity (Wildman–Crippen MR) is 71.0 cm³/mol. The molecule has 8 nitrogen and oxygen atoms in total. The molecule has 20 heavy (non-hydrogen) atoms. The first-order valence-corrected chi connectivity index (χ1v) is 6.03. The van der Waals surface area contributed by atoms with E-state index >= 15 is 0 Å². The van der Waals surface area contributed by atoms with E-state index in [-0.39, 0.29) is 18.7 Å². The van der Waals surface area contributed by atoms with Crippen molar-refractivity contribution in [2.24, 2.45) is 5.41 Å². The van der Waals surface area contributed by atoms with Crippen molar-refractivity contribution in [2.45, 2.75) is 26.7 Å². The number of anilines is 1. The zero-order chi connectivity index (χ0) is 14.8. The van der Waals surface area contributed by atoms with Crippen molar-refractivity contribution in [2.75, 3.05) is 5.32 Å². The minimum atomic E-state index is -0.930. The van der Waals surface area contributed by atoms with Crippen molar-refractivity contribution >= 4 is 28.9 Å². The Bertz CT molecular complexity index is 649. The second-order valence-corrected chi connectivity index (χ2v) is 5.28. The highest BCUT2D eigenvalue weighted by Gasteiger charge is 2.25. The van der Waals surface area contributed by atoms with Gasteiger partial charge in [-0.25, -0.2) is 15.0 Å². The number of aliphatic carboxylic acids is 1. The van der Waals surface area contributed by atoms with Crippen LogP contribution >= 0.6 is 0 Å². The molecule has 2 aromatic rings. The molecule has 0 saturated heterocycles. The number of hydrogen-bond donors (Lipinski definition) is 3. The highest BCUT2D eigenvalue weighted by atomic mass is 16.4. The molecule has 0 spiro atoms. The molecule has 0 fully saturated rings. The number of carbonyl (C=O) groups excluding carboxylic acids is 1. The summed E-state index contributed by atoms with van der Waals surface area (Å²) in [7, 11) is 0. The van der Waals surface area contributed by atoms with Crippen LogP contribution in [0.15, 0.2) is 12.7 Å². The number of H-pyrrole nitrogens is 1. The lowest BCUT2D eigenvalue weighted by Gasteiger charge is -2.21. The first kappa shape index (κ1) is 13.9. The number of carboxylic acid groups (broad SMARTS) is 1. The van der Waals surface area contributed by atoms with Crippen LogP contribution in [0.5, 0.6) is 0 Å². The predicted octanol–water partition coefficient (Wildman–Crippen LogP) is 1.18. The molecular formula is C12H15N5O3. The molecule has 0 radical (unpaired) electrons. The Morgan fingerprint density at radius 1 is 1.30 bits per heavy atom. The highest BCUT2D eigenvalue weighted by molar-refractivity contribution is 5.96. The van der Waals surface area contributed by atoms with Crippen molar-refractivity contribution in [1.82, 2.24) is 19.9 Å². The lowest BCUT2D eigenvalue weighted by atomic mass is 9.85. The normalized spacial score (nSPS) is 11.5. The largest absolute Gasteiger partial charge is 0.481 e. The van der Waals surface area contributed by atoms with Gasteiger partial charge in [-0.15, -0.1) is 0 Å². The minimum absolute atomic E-state index is 0.0797.